The Labute approximate surface area is 102 Å². The van der Waals surface area contributed by atoms with E-state index in [2.05, 4.69) is 16.3 Å². The number of amides is 1. The van der Waals surface area contributed by atoms with Crippen molar-refractivity contribution in [3.8, 4) is 0 Å². The Bertz CT molecular complexity index is 424. The Morgan fingerprint density at radius 2 is 2.18 bits per heavy atom. The first kappa shape index (κ1) is 10.8. The molecular weight excluding hydrogens is 212 g/mol. The molecule has 1 N–H and O–H groups in total. The summed E-state index contributed by atoms with van der Waals surface area (Å²) in [5, 5.41) is 3.38. The molecule has 1 atom stereocenters. The highest BCUT2D eigenvalue weighted by molar-refractivity contribution is 5.96. The van der Waals surface area contributed by atoms with Crippen molar-refractivity contribution in [2.24, 2.45) is 0 Å². The molecule has 0 radical (unpaired) electrons. The molecule has 17 heavy (non-hydrogen) atoms. The highest BCUT2D eigenvalue weighted by atomic mass is 16.2. The van der Waals surface area contributed by atoms with Crippen LogP contribution in [0.1, 0.15) is 28.8 Å². The maximum absolute atomic E-state index is 12.4. The van der Waals surface area contributed by atoms with Crippen LogP contribution in [0.2, 0.25) is 0 Å². The van der Waals surface area contributed by atoms with E-state index in [4.69, 9.17) is 0 Å². The summed E-state index contributed by atoms with van der Waals surface area (Å²) in [6.45, 7) is 2.92. The van der Waals surface area contributed by atoms with Gasteiger partial charge in [0.1, 0.15) is 0 Å². The van der Waals surface area contributed by atoms with Crippen molar-refractivity contribution in [1.82, 2.24) is 10.2 Å². The van der Waals surface area contributed by atoms with Crippen molar-refractivity contribution in [3.05, 3.63) is 35.4 Å². The standard InChI is InChI=1S/C14H18N2O/c17-14-13-6-2-1-4-11(13)7-9-16(14)12-5-3-8-15-10-12/h1-2,4,6,12,15H,3,5,7-10H2/t12-/m1/s1. The first-order valence-corrected chi connectivity index (χ1v) is 6.46. The fourth-order valence-corrected chi connectivity index (χ4v) is 2.89. The van der Waals surface area contributed by atoms with Gasteiger partial charge in [-0.25, -0.2) is 0 Å². The van der Waals surface area contributed by atoms with E-state index in [1.54, 1.807) is 0 Å². The van der Waals surface area contributed by atoms with Gasteiger partial charge in [-0.2, -0.15) is 0 Å². The van der Waals surface area contributed by atoms with Crippen LogP contribution in [-0.4, -0.2) is 36.5 Å². The molecule has 0 spiro atoms. The van der Waals surface area contributed by atoms with Crippen LogP contribution in [0.3, 0.4) is 0 Å². The van der Waals surface area contributed by atoms with Gasteiger partial charge in [0.15, 0.2) is 0 Å². The van der Waals surface area contributed by atoms with Crippen LogP contribution < -0.4 is 5.32 Å². The van der Waals surface area contributed by atoms with E-state index < -0.39 is 0 Å². The van der Waals surface area contributed by atoms with E-state index in [0.29, 0.717) is 6.04 Å². The number of piperidine rings is 1. The van der Waals surface area contributed by atoms with Gasteiger partial charge in [0, 0.05) is 24.7 Å². The molecule has 2 aliphatic heterocycles. The van der Waals surface area contributed by atoms with Crippen molar-refractivity contribution in [2.45, 2.75) is 25.3 Å². The lowest BCUT2D eigenvalue weighted by Crippen LogP contribution is -2.51. The molecule has 0 unspecified atom stereocenters. The van der Waals surface area contributed by atoms with E-state index in [-0.39, 0.29) is 5.91 Å². The van der Waals surface area contributed by atoms with Gasteiger partial charge in [-0.3, -0.25) is 4.79 Å². The van der Waals surface area contributed by atoms with Crippen molar-refractivity contribution in [1.29, 1.82) is 0 Å². The van der Waals surface area contributed by atoms with Crippen LogP contribution in [0.4, 0.5) is 0 Å². The molecule has 1 aromatic carbocycles. The summed E-state index contributed by atoms with van der Waals surface area (Å²) in [5.74, 6) is 0.223. The van der Waals surface area contributed by atoms with E-state index >= 15 is 0 Å². The van der Waals surface area contributed by atoms with Crippen molar-refractivity contribution in [2.75, 3.05) is 19.6 Å². The SMILES string of the molecule is O=C1c2ccccc2CCN1[C@@H]1CCCNC1. The topological polar surface area (TPSA) is 32.3 Å². The zero-order chi connectivity index (χ0) is 11.7. The van der Waals surface area contributed by atoms with E-state index in [0.717, 1.165) is 38.0 Å². The summed E-state index contributed by atoms with van der Waals surface area (Å²) in [4.78, 5) is 14.5. The number of nitrogens with one attached hydrogen (secondary N) is 1. The summed E-state index contributed by atoms with van der Waals surface area (Å²) in [6.07, 6.45) is 3.31. The summed E-state index contributed by atoms with van der Waals surface area (Å²) < 4.78 is 0. The fourth-order valence-electron chi connectivity index (χ4n) is 2.89. The molecule has 90 valence electrons. The Balaban J connectivity index is 1.83. The third-order valence-corrected chi connectivity index (χ3v) is 3.84. The maximum atomic E-state index is 12.4. The Morgan fingerprint density at radius 1 is 1.29 bits per heavy atom. The highest BCUT2D eigenvalue weighted by Crippen LogP contribution is 2.22. The number of carbonyl (C=O) groups is 1. The predicted molar refractivity (Wildman–Crippen MR) is 67.1 cm³/mol. The fraction of sp³-hybridized carbons (Fsp3) is 0.500. The molecule has 0 saturated carbocycles. The van der Waals surface area contributed by atoms with Gasteiger partial charge in [0.05, 0.1) is 0 Å². The summed E-state index contributed by atoms with van der Waals surface area (Å²) >= 11 is 0. The molecule has 3 rings (SSSR count). The Hall–Kier alpha value is -1.35. The largest absolute Gasteiger partial charge is 0.334 e. The molecule has 0 aromatic heterocycles. The number of carbonyl (C=O) groups excluding carboxylic acids is 1. The second-order valence-corrected chi connectivity index (χ2v) is 4.91. The van der Waals surface area contributed by atoms with Crippen molar-refractivity contribution in [3.63, 3.8) is 0 Å². The lowest BCUT2D eigenvalue weighted by molar-refractivity contribution is 0.0630. The molecular formula is C14H18N2O. The number of hydrogen-bond acceptors (Lipinski definition) is 2. The van der Waals surface area contributed by atoms with Crippen LogP contribution in [0, 0.1) is 0 Å². The summed E-state index contributed by atoms with van der Waals surface area (Å²) in [7, 11) is 0. The molecule has 2 heterocycles. The van der Waals surface area contributed by atoms with Gasteiger partial charge in [-0.15, -0.1) is 0 Å². The maximum Gasteiger partial charge on any atom is 0.254 e. The molecule has 3 heteroatoms. The molecule has 3 nitrogen and oxygen atoms in total. The van der Waals surface area contributed by atoms with Crippen molar-refractivity contribution >= 4 is 5.91 Å². The number of rotatable bonds is 1. The van der Waals surface area contributed by atoms with Gasteiger partial charge < -0.3 is 10.2 Å². The number of benzene rings is 1. The van der Waals surface area contributed by atoms with Crippen LogP contribution in [0.5, 0.6) is 0 Å². The van der Waals surface area contributed by atoms with Crippen LogP contribution in [0.15, 0.2) is 24.3 Å². The average molecular weight is 230 g/mol. The summed E-state index contributed by atoms with van der Waals surface area (Å²) in [6, 6.07) is 8.40. The van der Waals surface area contributed by atoms with Crippen LogP contribution in [-0.2, 0) is 6.42 Å². The molecule has 1 amide bonds. The second-order valence-electron chi connectivity index (χ2n) is 4.91. The first-order chi connectivity index (χ1) is 8.36. The van der Waals surface area contributed by atoms with Crippen LogP contribution >= 0.6 is 0 Å². The number of nitrogens with zero attached hydrogens (tertiary/aromatic N) is 1. The van der Waals surface area contributed by atoms with E-state index in [1.165, 1.54) is 12.0 Å². The third kappa shape index (κ3) is 1.95. The number of hydrogen-bond donors (Lipinski definition) is 1. The smallest absolute Gasteiger partial charge is 0.254 e. The third-order valence-electron chi connectivity index (χ3n) is 3.84. The number of fused-ring (bicyclic) bond motifs is 1. The normalized spacial score (nSPS) is 24.6. The highest BCUT2D eigenvalue weighted by Gasteiger charge is 2.30. The van der Waals surface area contributed by atoms with E-state index in [9.17, 15) is 4.79 Å². The van der Waals surface area contributed by atoms with Gasteiger partial charge in [-0.05, 0) is 37.4 Å². The second kappa shape index (κ2) is 4.49. The molecule has 2 aliphatic rings. The van der Waals surface area contributed by atoms with Crippen molar-refractivity contribution < 1.29 is 4.79 Å². The molecule has 1 aromatic rings. The Kier molecular flexibility index (Phi) is 2.85. The minimum atomic E-state index is 0.223. The predicted octanol–water partition coefficient (Wildman–Crippen LogP) is 1.44. The lowest BCUT2D eigenvalue weighted by Gasteiger charge is -2.37. The quantitative estimate of drug-likeness (QED) is 0.791. The molecule has 1 fully saturated rings. The lowest BCUT2D eigenvalue weighted by atomic mass is 9.96. The van der Waals surface area contributed by atoms with Crippen LogP contribution in [0.25, 0.3) is 0 Å². The minimum absolute atomic E-state index is 0.223. The zero-order valence-corrected chi connectivity index (χ0v) is 9.98. The molecule has 0 bridgehead atoms. The van der Waals surface area contributed by atoms with Gasteiger partial charge >= 0.3 is 0 Å². The van der Waals surface area contributed by atoms with Gasteiger partial charge in [0.25, 0.3) is 5.91 Å². The Morgan fingerprint density at radius 3 is 3.00 bits per heavy atom. The van der Waals surface area contributed by atoms with Gasteiger partial charge in [-0.1, -0.05) is 18.2 Å². The average Bonchev–Trinajstić information content (AvgIpc) is 2.40. The zero-order valence-electron chi connectivity index (χ0n) is 9.98. The molecule has 1 saturated heterocycles. The monoisotopic (exact) mass is 230 g/mol. The minimum Gasteiger partial charge on any atom is -0.334 e. The molecule has 0 aliphatic carbocycles. The first-order valence-electron chi connectivity index (χ1n) is 6.46. The van der Waals surface area contributed by atoms with Gasteiger partial charge in [0.2, 0.25) is 0 Å². The van der Waals surface area contributed by atoms with E-state index in [1.807, 2.05) is 18.2 Å². The summed E-state index contributed by atoms with van der Waals surface area (Å²) in [5.41, 5.74) is 2.11.